The van der Waals surface area contributed by atoms with Crippen molar-refractivity contribution in [2.24, 2.45) is 0 Å². The highest BCUT2D eigenvalue weighted by Gasteiger charge is 2.25. The average molecular weight is 410 g/mol. The van der Waals surface area contributed by atoms with E-state index in [9.17, 15) is 13.2 Å². The summed E-state index contributed by atoms with van der Waals surface area (Å²) >= 11 is 0. The Kier molecular flexibility index (Phi) is 5.25. The highest BCUT2D eigenvalue weighted by molar-refractivity contribution is 7.89. The zero-order valence-electron chi connectivity index (χ0n) is 16.1. The SMILES string of the molecule is Cc1ccc(C(=O)N2CCCc3cc(S(=O)(=O)NCc4ccco4)ccc32)cc1. The highest BCUT2D eigenvalue weighted by atomic mass is 32.2. The lowest BCUT2D eigenvalue weighted by atomic mass is 10.0. The first kappa shape index (κ1) is 19.4. The maximum Gasteiger partial charge on any atom is 0.258 e. The molecule has 6 nitrogen and oxygen atoms in total. The monoisotopic (exact) mass is 410 g/mol. The second-order valence-corrected chi connectivity index (χ2v) is 8.89. The third-order valence-corrected chi connectivity index (χ3v) is 6.44. The fourth-order valence-corrected chi connectivity index (χ4v) is 4.51. The van der Waals surface area contributed by atoms with E-state index in [1.54, 1.807) is 35.2 Å². The molecule has 0 saturated carbocycles. The molecule has 0 radical (unpaired) electrons. The van der Waals surface area contributed by atoms with E-state index in [0.717, 1.165) is 29.7 Å². The zero-order valence-corrected chi connectivity index (χ0v) is 16.9. The van der Waals surface area contributed by atoms with Gasteiger partial charge in [0.2, 0.25) is 10.0 Å². The molecule has 150 valence electrons. The van der Waals surface area contributed by atoms with Crippen LogP contribution in [-0.2, 0) is 23.0 Å². The van der Waals surface area contributed by atoms with Gasteiger partial charge in [0, 0.05) is 17.8 Å². The Morgan fingerprint density at radius 2 is 1.93 bits per heavy atom. The van der Waals surface area contributed by atoms with Gasteiger partial charge in [0.1, 0.15) is 5.76 Å². The van der Waals surface area contributed by atoms with Crippen LogP contribution < -0.4 is 9.62 Å². The number of carbonyl (C=O) groups excluding carboxylic acids is 1. The van der Waals surface area contributed by atoms with E-state index in [1.807, 2.05) is 31.2 Å². The van der Waals surface area contributed by atoms with Gasteiger partial charge >= 0.3 is 0 Å². The Morgan fingerprint density at radius 1 is 1.14 bits per heavy atom. The summed E-state index contributed by atoms with van der Waals surface area (Å²) in [6, 6.07) is 15.8. The summed E-state index contributed by atoms with van der Waals surface area (Å²) in [6.45, 7) is 2.68. The van der Waals surface area contributed by atoms with Crippen LogP contribution in [0.15, 0.2) is 70.2 Å². The van der Waals surface area contributed by atoms with Crippen LogP contribution in [0.2, 0.25) is 0 Å². The first-order valence-corrected chi connectivity index (χ1v) is 11.0. The summed E-state index contributed by atoms with van der Waals surface area (Å²) in [5.74, 6) is 0.471. The lowest BCUT2D eigenvalue weighted by molar-refractivity contribution is 0.0985. The van der Waals surface area contributed by atoms with Crippen LogP contribution in [0.25, 0.3) is 0 Å². The maximum atomic E-state index is 13.0. The van der Waals surface area contributed by atoms with Gasteiger partial charge in [0.15, 0.2) is 0 Å². The number of hydrogen-bond donors (Lipinski definition) is 1. The van der Waals surface area contributed by atoms with Crippen molar-refractivity contribution in [2.45, 2.75) is 31.2 Å². The Morgan fingerprint density at radius 3 is 2.66 bits per heavy atom. The first-order chi connectivity index (χ1) is 13.9. The van der Waals surface area contributed by atoms with Gasteiger partial charge in [-0.05, 0) is 67.8 Å². The quantitative estimate of drug-likeness (QED) is 0.696. The molecular formula is C22H22N2O4S. The third-order valence-electron chi connectivity index (χ3n) is 5.04. The second kappa shape index (κ2) is 7.85. The molecule has 0 unspecified atom stereocenters. The number of sulfonamides is 1. The number of nitrogens with zero attached hydrogens (tertiary/aromatic N) is 1. The van der Waals surface area contributed by atoms with Crippen LogP contribution in [-0.4, -0.2) is 20.9 Å². The minimum Gasteiger partial charge on any atom is -0.468 e. The number of fused-ring (bicyclic) bond motifs is 1. The number of benzene rings is 2. The van der Waals surface area contributed by atoms with E-state index in [2.05, 4.69) is 4.72 Å². The number of nitrogens with one attached hydrogen (secondary N) is 1. The zero-order chi connectivity index (χ0) is 20.4. The van der Waals surface area contributed by atoms with Gasteiger partial charge in [0.05, 0.1) is 17.7 Å². The van der Waals surface area contributed by atoms with E-state index in [0.29, 0.717) is 17.9 Å². The predicted molar refractivity (Wildman–Crippen MR) is 110 cm³/mol. The number of rotatable bonds is 5. The minimum absolute atomic E-state index is 0.0718. The molecule has 1 N–H and O–H groups in total. The number of aryl methyl sites for hydroxylation is 2. The fraction of sp³-hybridized carbons (Fsp3) is 0.227. The number of carbonyl (C=O) groups is 1. The number of hydrogen-bond acceptors (Lipinski definition) is 4. The van der Waals surface area contributed by atoms with Crippen molar-refractivity contribution in [1.82, 2.24) is 4.72 Å². The van der Waals surface area contributed by atoms with Crippen LogP contribution in [0.5, 0.6) is 0 Å². The molecule has 4 rings (SSSR count). The summed E-state index contributed by atoms with van der Waals surface area (Å²) in [5.41, 5.74) is 3.35. The minimum atomic E-state index is -3.68. The van der Waals surface area contributed by atoms with Gasteiger partial charge in [-0.15, -0.1) is 0 Å². The maximum absolute atomic E-state index is 13.0. The molecule has 0 fully saturated rings. The van der Waals surface area contributed by atoms with Gasteiger partial charge in [-0.2, -0.15) is 0 Å². The van der Waals surface area contributed by atoms with E-state index < -0.39 is 10.0 Å². The van der Waals surface area contributed by atoms with Crippen LogP contribution in [0.1, 0.15) is 33.7 Å². The lowest BCUT2D eigenvalue weighted by Crippen LogP contribution is -2.35. The molecule has 3 aromatic rings. The standard InChI is InChI=1S/C22H22N2O4S/c1-16-6-8-17(9-7-16)22(25)24-12-2-4-18-14-20(10-11-21(18)24)29(26,27)23-15-19-5-3-13-28-19/h3,5-11,13-14,23H,2,4,12,15H2,1H3. The summed E-state index contributed by atoms with van der Waals surface area (Å²) in [4.78, 5) is 14.9. The molecule has 1 aliphatic rings. The Bertz CT molecular complexity index is 1120. The Labute approximate surface area is 170 Å². The molecule has 0 atom stereocenters. The van der Waals surface area contributed by atoms with Crippen molar-refractivity contribution >= 4 is 21.6 Å². The van der Waals surface area contributed by atoms with Crippen LogP contribution in [0, 0.1) is 6.92 Å². The molecule has 1 aliphatic heterocycles. The van der Waals surface area contributed by atoms with E-state index >= 15 is 0 Å². The summed E-state index contributed by atoms with van der Waals surface area (Å²) in [7, 11) is -3.68. The van der Waals surface area contributed by atoms with E-state index in [-0.39, 0.29) is 17.3 Å². The van der Waals surface area contributed by atoms with Crippen LogP contribution in [0.3, 0.4) is 0 Å². The third kappa shape index (κ3) is 4.11. The molecular weight excluding hydrogens is 388 g/mol. The van der Waals surface area contributed by atoms with Gasteiger partial charge in [0.25, 0.3) is 5.91 Å². The molecule has 0 spiro atoms. The Balaban J connectivity index is 1.58. The number of furan rings is 1. The summed E-state index contributed by atoms with van der Waals surface area (Å²) in [5, 5.41) is 0. The van der Waals surface area contributed by atoms with Gasteiger partial charge in [-0.3, -0.25) is 4.79 Å². The first-order valence-electron chi connectivity index (χ1n) is 9.47. The van der Waals surface area contributed by atoms with Crippen molar-refractivity contribution in [1.29, 1.82) is 0 Å². The van der Waals surface area contributed by atoms with Gasteiger partial charge in [-0.25, -0.2) is 13.1 Å². The van der Waals surface area contributed by atoms with Gasteiger partial charge in [-0.1, -0.05) is 17.7 Å². The molecule has 2 heterocycles. The second-order valence-electron chi connectivity index (χ2n) is 7.12. The fourth-order valence-electron chi connectivity index (χ4n) is 3.47. The van der Waals surface area contributed by atoms with E-state index in [4.69, 9.17) is 4.42 Å². The lowest BCUT2D eigenvalue weighted by Gasteiger charge is -2.30. The van der Waals surface area contributed by atoms with Crippen molar-refractivity contribution < 1.29 is 17.6 Å². The largest absolute Gasteiger partial charge is 0.468 e. The molecule has 1 aromatic heterocycles. The molecule has 0 saturated heterocycles. The smallest absolute Gasteiger partial charge is 0.258 e. The van der Waals surface area contributed by atoms with Crippen LogP contribution in [0.4, 0.5) is 5.69 Å². The summed E-state index contributed by atoms with van der Waals surface area (Å²) in [6.07, 6.45) is 3.02. The molecule has 2 aromatic carbocycles. The predicted octanol–water partition coefficient (Wildman–Crippen LogP) is 3.66. The van der Waals surface area contributed by atoms with Crippen LogP contribution >= 0.6 is 0 Å². The molecule has 7 heteroatoms. The normalized spacial score (nSPS) is 13.9. The van der Waals surface area contributed by atoms with Crippen molar-refractivity contribution in [3.05, 3.63) is 83.3 Å². The number of anilines is 1. The average Bonchev–Trinajstić information content (AvgIpc) is 3.25. The van der Waals surface area contributed by atoms with Crippen molar-refractivity contribution in [3.8, 4) is 0 Å². The molecule has 0 bridgehead atoms. The van der Waals surface area contributed by atoms with Gasteiger partial charge < -0.3 is 9.32 Å². The number of amides is 1. The van der Waals surface area contributed by atoms with E-state index in [1.165, 1.54) is 6.26 Å². The molecule has 29 heavy (non-hydrogen) atoms. The van der Waals surface area contributed by atoms with Crippen molar-refractivity contribution in [2.75, 3.05) is 11.4 Å². The molecule has 0 aliphatic carbocycles. The van der Waals surface area contributed by atoms with Crippen molar-refractivity contribution in [3.63, 3.8) is 0 Å². The summed E-state index contributed by atoms with van der Waals surface area (Å²) < 4.78 is 33.0. The topological polar surface area (TPSA) is 79.6 Å². The Hall–Kier alpha value is -2.90. The highest BCUT2D eigenvalue weighted by Crippen LogP contribution is 2.30. The molecule has 1 amide bonds.